The van der Waals surface area contributed by atoms with Gasteiger partial charge in [-0.2, -0.15) is 0 Å². The van der Waals surface area contributed by atoms with Crippen molar-refractivity contribution in [1.82, 2.24) is 0 Å². The van der Waals surface area contributed by atoms with E-state index in [0.29, 0.717) is 0 Å². The van der Waals surface area contributed by atoms with Crippen LogP contribution in [0.5, 0.6) is 0 Å². The molecule has 0 saturated heterocycles. The van der Waals surface area contributed by atoms with Gasteiger partial charge in [-0.25, -0.2) is 0 Å². The minimum Gasteiger partial charge on any atom is -0.384 e. The third kappa shape index (κ3) is 2.49. The lowest BCUT2D eigenvalue weighted by Gasteiger charge is -2.11. The van der Waals surface area contributed by atoms with E-state index in [2.05, 4.69) is 42.5 Å². The maximum atomic E-state index is 6.16. The molecule has 2 aromatic rings. The largest absolute Gasteiger partial charge is 0.384 e. The summed E-state index contributed by atoms with van der Waals surface area (Å²) in [6.07, 6.45) is 3.13. The molecule has 0 bridgehead atoms. The van der Waals surface area contributed by atoms with Gasteiger partial charge in [0.25, 0.3) is 0 Å². The molecule has 104 valence electrons. The van der Waals surface area contributed by atoms with Gasteiger partial charge in [0.2, 0.25) is 0 Å². The van der Waals surface area contributed by atoms with Crippen LogP contribution in [0.15, 0.2) is 42.5 Å². The van der Waals surface area contributed by atoms with Crippen molar-refractivity contribution in [3.8, 4) is 11.1 Å². The second kappa shape index (κ2) is 5.78. The van der Waals surface area contributed by atoms with Crippen molar-refractivity contribution >= 4 is 0 Å². The molecule has 2 nitrogen and oxygen atoms in total. The molecule has 0 heterocycles. The van der Waals surface area contributed by atoms with E-state index in [4.69, 9.17) is 10.5 Å². The highest BCUT2D eigenvalue weighted by molar-refractivity contribution is 5.70. The van der Waals surface area contributed by atoms with Crippen LogP contribution >= 0.6 is 0 Å². The van der Waals surface area contributed by atoms with Gasteiger partial charge in [0, 0.05) is 13.2 Å². The van der Waals surface area contributed by atoms with Crippen molar-refractivity contribution < 1.29 is 4.74 Å². The zero-order valence-corrected chi connectivity index (χ0v) is 11.9. The molecule has 0 spiro atoms. The molecular weight excluding hydrogens is 246 g/mol. The van der Waals surface area contributed by atoms with E-state index in [0.717, 1.165) is 25.9 Å². The van der Waals surface area contributed by atoms with E-state index in [1.54, 1.807) is 7.11 Å². The topological polar surface area (TPSA) is 35.2 Å². The summed E-state index contributed by atoms with van der Waals surface area (Å²) in [5.74, 6) is 0. The van der Waals surface area contributed by atoms with E-state index in [1.165, 1.54) is 27.8 Å². The predicted octanol–water partition coefficient (Wildman–Crippen LogP) is 3.49. The molecule has 0 fully saturated rings. The van der Waals surface area contributed by atoms with E-state index < -0.39 is 0 Å². The van der Waals surface area contributed by atoms with Gasteiger partial charge in [-0.3, -0.25) is 0 Å². The van der Waals surface area contributed by atoms with Crippen molar-refractivity contribution in [2.45, 2.75) is 25.3 Å². The molecule has 0 radical (unpaired) electrons. The minimum atomic E-state index is 0.214. The fourth-order valence-corrected chi connectivity index (χ4v) is 3.03. The number of rotatable bonds is 4. The maximum Gasteiger partial charge on any atom is 0.0502 e. The molecule has 1 aliphatic carbocycles. The van der Waals surface area contributed by atoms with Crippen LogP contribution in [0.1, 0.15) is 29.2 Å². The Labute approximate surface area is 120 Å². The van der Waals surface area contributed by atoms with Crippen molar-refractivity contribution in [3.63, 3.8) is 0 Å². The van der Waals surface area contributed by atoms with Crippen LogP contribution < -0.4 is 5.73 Å². The first-order chi connectivity index (χ1) is 9.79. The normalized spacial score (nSPS) is 17.2. The van der Waals surface area contributed by atoms with Gasteiger partial charge >= 0.3 is 0 Å². The predicted molar refractivity (Wildman–Crippen MR) is 82.7 cm³/mol. The maximum absolute atomic E-state index is 6.16. The number of ether oxygens (including phenoxy) is 1. The molecule has 2 heteroatoms. The van der Waals surface area contributed by atoms with E-state index in [-0.39, 0.29) is 6.04 Å². The average molecular weight is 267 g/mol. The van der Waals surface area contributed by atoms with Gasteiger partial charge in [-0.1, -0.05) is 42.5 Å². The third-order valence-electron chi connectivity index (χ3n) is 4.18. The fourth-order valence-electron chi connectivity index (χ4n) is 3.03. The SMILES string of the molecule is COCCc1ccc(-c2cccc3c2CCC3N)cc1. The molecule has 1 unspecified atom stereocenters. The first kappa shape index (κ1) is 13.3. The van der Waals surface area contributed by atoms with Crippen LogP contribution in [0, 0.1) is 0 Å². The Morgan fingerprint density at radius 1 is 1.15 bits per heavy atom. The highest BCUT2D eigenvalue weighted by Gasteiger charge is 2.21. The van der Waals surface area contributed by atoms with Crippen LogP contribution in [0.2, 0.25) is 0 Å². The second-order valence-electron chi connectivity index (χ2n) is 5.46. The van der Waals surface area contributed by atoms with Gasteiger partial charge in [0.05, 0.1) is 6.61 Å². The summed E-state index contributed by atoms with van der Waals surface area (Å²) >= 11 is 0. The molecule has 1 atom stereocenters. The molecule has 20 heavy (non-hydrogen) atoms. The quantitative estimate of drug-likeness (QED) is 0.920. The zero-order chi connectivity index (χ0) is 13.9. The lowest BCUT2D eigenvalue weighted by atomic mass is 9.95. The van der Waals surface area contributed by atoms with Crippen LogP contribution in [0.3, 0.4) is 0 Å². The standard InChI is InChI=1S/C18H21NO/c1-20-12-11-13-5-7-14(8-6-13)15-3-2-4-17-16(15)9-10-18(17)19/h2-8,18H,9-12,19H2,1H3. The second-order valence-corrected chi connectivity index (χ2v) is 5.46. The van der Waals surface area contributed by atoms with Gasteiger partial charge in [0.15, 0.2) is 0 Å². The first-order valence-electron chi connectivity index (χ1n) is 7.25. The summed E-state index contributed by atoms with van der Waals surface area (Å²) < 4.78 is 5.12. The van der Waals surface area contributed by atoms with E-state index >= 15 is 0 Å². The first-order valence-corrected chi connectivity index (χ1v) is 7.25. The third-order valence-corrected chi connectivity index (χ3v) is 4.18. The molecule has 0 aromatic heterocycles. The van der Waals surface area contributed by atoms with E-state index in [1.807, 2.05) is 0 Å². The lowest BCUT2D eigenvalue weighted by molar-refractivity contribution is 0.202. The van der Waals surface area contributed by atoms with Crippen molar-refractivity contribution in [2.75, 3.05) is 13.7 Å². The number of hydrogen-bond donors (Lipinski definition) is 1. The summed E-state index contributed by atoms with van der Waals surface area (Å²) in [6, 6.07) is 15.5. The number of fused-ring (bicyclic) bond motifs is 1. The Kier molecular flexibility index (Phi) is 3.86. The highest BCUT2D eigenvalue weighted by Crippen LogP contribution is 2.36. The zero-order valence-electron chi connectivity index (χ0n) is 11.9. The number of hydrogen-bond acceptors (Lipinski definition) is 2. The summed E-state index contributed by atoms with van der Waals surface area (Å²) in [5.41, 5.74) is 12.9. The minimum absolute atomic E-state index is 0.214. The molecular formula is C18H21NO. The fraction of sp³-hybridized carbons (Fsp3) is 0.333. The number of methoxy groups -OCH3 is 1. The summed E-state index contributed by atoms with van der Waals surface area (Å²) in [5, 5.41) is 0. The average Bonchev–Trinajstić information content (AvgIpc) is 2.87. The molecule has 3 rings (SSSR count). The van der Waals surface area contributed by atoms with Gasteiger partial charge < -0.3 is 10.5 Å². The monoisotopic (exact) mass is 267 g/mol. The van der Waals surface area contributed by atoms with Crippen molar-refractivity contribution in [2.24, 2.45) is 5.73 Å². The smallest absolute Gasteiger partial charge is 0.0502 e. The van der Waals surface area contributed by atoms with Gasteiger partial charge in [0.1, 0.15) is 0 Å². The molecule has 0 aliphatic heterocycles. The van der Waals surface area contributed by atoms with Gasteiger partial charge in [-0.05, 0) is 47.1 Å². The number of nitrogens with two attached hydrogens (primary N) is 1. The highest BCUT2D eigenvalue weighted by atomic mass is 16.5. The van der Waals surface area contributed by atoms with Gasteiger partial charge in [-0.15, -0.1) is 0 Å². The molecule has 1 aliphatic rings. The van der Waals surface area contributed by atoms with Crippen LogP contribution in [0.25, 0.3) is 11.1 Å². The molecule has 2 aromatic carbocycles. The van der Waals surface area contributed by atoms with Crippen molar-refractivity contribution in [3.05, 3.63) is 59.2 Å². The lowest BCUT2D eigenvalue weighted by Crippen LogP contribution is -2.04. The summed E-state index contributed by atoms with van der Waals surface area (Å²) in [6.45, 7) is 0.773. The van der Waals surface area contributed by atoms with Crippen LogP contribution in [0.4, 0.5) is 0 Å². The number of benzene rings is 2. The molecule has 2 N–H and O–H groups in total. The Morgan fingerprint density at radius 3 is 2.70 bits per heavy atom. The Bertz CT molecular complexity index is 589. The van der Waals surface area contributed by atoms with Crippen molar-refractivity contribution in [1.29, 1.82) is 0 Å². The Hall–Kier alpha value is -1.64. The summed E-state index contributed by atoms with van der Waals surface area (Å²) in [7, 11) is 1.74. The Balaban J connectivity index is 1.90. The van der Waals surface area contributed by atoms with Crippen LogP contribution in [-0.4, -0.2) is 13.7 Å². The summed E-state index contributed by atoms with van der Waals surface area (Å²) in [4.78, 5) is 0. The van der Waals surface area contributed by atoms with Crippen LogP contribution in [-0.2, 0) is 17.6 Å². The Morgan fingerprint density at radius 2 is 1.95 bits per heavy atom. The molecule has 0 amide bonds. The van der Waals surface area contributed by atoms with E-state index in [9.17, 15) is 0 Å². The molecule has 0 saturated carbocycles.